The first-order valence-electron chi connectivity index (χ1n) is 5.80. The van der Waals surface area contributed by atoms with E-state index in [1.807, 2.05) is 14.1 Å². The van der Waals surface area contributed by atoms with Crippen molar-refractivity contribution in [1.29, 1.82) is 0 Å². The van der Waals surface area contributed by atoms with Crippen molar-refractivity contribution in [3.8, 4) is 0 Å². The lowest BCUT2D eigenvalue weighted by Gasteiger charge is -2.19. The topological polar surface area (TPSA) is 60.9 Å². The molecule has 1 N–H and O–H groups in total. The third-order valence-corrected chi connectivity index (χ3v) is 6.59. The maximum absolute atomic E-state index is 12.4. The van der Waals surface area contributed by atoms with E-state index in [2.05, 4.69) is 4.90 Å². The van der Waals surface area contributed by atoms with Gasteiger partial charge in [-0.2, -0.15) is 4.31 Å². The van der Waals surface area contributed by atoms with Crippen LogP contribution in [0.4, 0.5) is 0 Å². The largest absolute Gasteiger partial charge is 0.392 e. The van der Waals surface area contributed by atoms with Crippen LogP contribution in [0.5, 0.6) is 0 Å². The van der Waals surface area contributed by atoms with Gasteiger partial charge in [0, 0.05) is 19.1 Å². The van der Waals surface area contributed by atoms with Gasteiger partial charge in [-0.25, -0.2) is 8.42 Å². The van der Waals surface area contributed by atoms with Crippen molar-refractivity contribution in [3.05, 3.63) is 17.0 Å². The summed E-state index contributed by atoms with van der Waals surface area (Å²) in [6.07, 6.45) is 0.866. The van der Waals surface area contributed by atoms with E-state index in [1.54, 1.807) is 11.4 Å². The highest BCUT2D eigenvalue weighted by Gasteiger charge is 2.34. The normalized spacial score (nSPS) is 21.9. The van der Waals surface area contributed by atoms with E-state index >= 15 is 0 Å². The highest BCUT2D eigenvalue weighted by Crippen LogP contribution is 2.27. The van der Waals surface area contributed by atoms with Crippen molar-refractivity contribution in [3.63, 3.8) is 0 Å². The number of hydrogen-bond acceptors (Lipinski definition) is 5. The lowest BCUT2D eigenvalue weighted by atomic mass is 10.2. The molecule has 0 aromatic carbocycles. The molecule has 1 aromatic rings. The molecule has 0 spiro atoms. The van der Waals surface area contributed by atoms with Gasteiger partial charge in [0.25, 0.3) is 10.0 Å². The molecule has 1 fully saturated rings. The maximum atomic E-state index is 12.4. The highest BCUT2D eigenvalue weighted by atomic mass is 32.2. The number of aliphatic hydroxyl groups excluding tert-OH is 1. The Balaban J connectivity index is 2.17. The number of likely N-dealkylation sites (N-methyl/N-ethyl adjacent to an activating group) is 1. The molecule has 7 heteroatoms. The molecule has 1 aliphatic rings. The Morgan fingerprint density at radius 2 is 2.28 bits per heavy atom. The van der Waals surface area contributed by atoms with Gasteiger partial charge in [0.15, 0.2) is 0 Å². The summed E-state index contributed by atoms with van der Waals surface area (Å²) in [5.74, 6) is 0. The fourth-order valence-corrected chi connectivity index (χ4v) is 4.89. The molecule has 0 bridgehead atoms. The maximum Gasteiger partial charge on any atom is 0.252 e. The first kappa shape index (κ1) is 14.0. The average Bonchev–Trinajstić information content (AvgIpc) is 2.98. The summed E-state index contributed by atoms with van der Waals surface area (Å²) in [4.78, 5) is 2.06. The first-order valence-corrected chi connectivity index (χ1v) is 8.12. The zero-order valence-corrected chi connectivity index (χ0v) is 12.2. The zero-order valence-electron chi connectivity index (χ0n) is 10.5. The molecule has 5 nitrogen and oxygen atoms in total. The van der Waals surface area contributed by atoms with Gasteiger partial charge >= 0.3 is 0 Å². The summed E-state index contributed by atoms with van der Waals surface area (Å²) >= 11 is 1.17. The molecule has 0 amide bonds. The van der Waals surface area contributed by atoms with E-state index in [9.17, 15) is 8.42 Å². The van der Waals surface area contributed by atoms with E-state index < -0.39 is 10.0 Å². The smallest absolute Gasteiger partial charge is 0.252 e. The van der Waals surface area contributed by atoms with Gasteiger partial charge in [-0.15, -0.1) is 11.3 Å². The molecule has 1 saturated heterocycles. The van der Waals surface area contributed by atoms with Crippen LogP contribution in [-0.2, 0) is 16.6 Å². The van der Waals surface area contributed by atoms with Gasteiger partial charge in [0.05, 0.1) is 6.61 Å². The van der Waals surface area contributed by atoms with Gasteiger partial charge in [0.1, 0.15) is 4.21 Å². The zero-order chi connectivity index (χ0) is 13.3. The fourth-order valence-electron chi connectivity index (χ4n) is 2.05. The number of sulfonamides is 1. The fraction of sp³-hybridized carbons (Fsp3) is 0.636. The van der Waals surface area contributed by atoms with Crippen LogP contribution in [0.1, 0.15) is 12.0 Å². The molecule has 0 saturated carbocycles. The average molecular weight is 290 g/mol. The van der Waals surface area contributed by atoms with E-state index in [1.165, 1.54) is 15.6 Å². The molecule has 1 aliphatic heterocycles. The lowest BCUT2D eigenvalue weighted by molar-refractivity contribution is 0.282. The predicted octanol–water partition coefficient (Wildman–Crippen LogP) is 0.565. The molecule has 1 atom stereocenters. The van der Waals surface area contributed by atoms with Gasteiger partial charge in [0.2, 0.25) is 0 Å². The van der Waals surface area contributed by atoms with Crippen LogP contribution in [0.25, 0.3) is 0 Å². The third kappa shape index (κ3) is 2.60. The van der Waals surface area contributed by atoms with Gasteiger partial charge in [-0.3, -0.25) is 0 Å². The predicted molar refractivity (Wildman–Crippen MR) is 71.1 cm³/mol. The van der Waals surface area contributed by atoms with Crippen LogP contribution in [0, 0.1) is 0 Å². The number of thiophene rings is 1. The van der Waals surface area contributed by atoms with Crippen molar-refractivity contribution in [2.45, 2.75) is 23.3 Å². The SMILES string of the molecule is CN(C)C1CCN(S(=O)(=O)c2cc(CO)cs2)C1. The van der Waals surface area contributed by atoms with Crippen LogP contribution >= 0.6 is 11.3 Å². The molecule has 2 heterocycles. The summed E-state index contributed by atoms with van der Waals surface area (Å²) in [5.41, 5.74) is 0.655. The Bertz CT molecular complexity index is 510. The summed E-state index contributed by atoms with van der Waals surface area (Å²) in [7, 11) is 0.556. The van der Waals surface area contributed by atoms with Crippen molar-refractivity contribution in [1.82, 2.24) is 9.21 Å². The van der Waals surface area contributed by atoms with Gasteiger partial charge < -0.3 is 10.0 Å². The van der Waals surface area contributed by atoms with Crippen molar-refractivity contribution in [2.75, 3.05) is 27.2 Å². The van der Waals surface area contributed by atoms with Crippen molar-refractivity contribution in [2.24, 2.45) is 0 Å². The monoisotopic (exact) mass is 290 g/mol. The Morgan fingerprint density at radius 1 is 1.56 bits per heavy atom. The summed E-state index contributed by atoms with van der Waals surface area (Å²) < 4.78 is 26.6. The van der Waals surface area contributed by atoms with Crippen LogP contribution in [0.15, 0.2) is 15.7 Å². The van der Waals surface area contributed by atoms with E-state index in [0.29, 0.717) is 22.9 Å². The Labute approximate surface area is 112 Å². The Morgan fingerprint density at radius 3 is 2.78 bits per heavy atom. The molecule has 1 unspecified atom stereocenters. The second-order valence-corrected chi connectivity index (χ2v) is 7.78. The molecule has 1 aromatic heterocycles. The summed E-state index contributed by atoms with van der Waals surface area (Å²) in [6, 6.07) is 1.85. The van der Waals surface area contributed by atoms with E-state index in [4.69, 9.17) is 5.11 Å². The third-order valence-electron chi connectivity index (χ3n) is 3.26. The number of rotatable bonds is 4. The summed E-state index contributed by atoms with van der Waals surface area (Å²) in [6.45, 7) is 0.992. The molecule has 0 aliphatic carbocycles. The van der Waals surface area contributed by atoms with Crippen LogP contribution in [0.3, 0.4) is 0 Å². The highest BCUT2D eigenvalue weighted by molar-refractivity contribution is 7.91. The second-order valence-electron chi connectivity index (χ2n) is 4.70. The molecule has 102 valence electrons. The standard InChI is InChI=1S/C11H18N2O3S2/c1-12(2)10-3-4-13(6-10)18(15,16)11-5-9(7-14)8-17-11/h5,8,10,14H,3-4,6-7H2,1-2H3. The quantitative estimate of drug-likeness (QED) is 0.880. The van der Waals surface area contributed by atoms with Gasteiger partial charge in [-0.05, 0) is 37.5 Å². The first-order chi connectivity index (χ1) is 8.45. The minimum Gasteiger partial charge on any atom is -0.392 e. The van der Waals surface area contributed by atoms with Crippen LogP contribution < -0.4 is 0 Å². The molecule has 18 heavy (non-hydrogen) atoms. The van der Waals surface area contributed by atoms with E-state index in [0.717, 1.165) is 6.42 Å². The van der Waals surface area contributed by atoms with E-state index in [-0.39, 0.29) is 12.6 Å². The van der Waals surface area contributed by atoms with Crippen molar-refractivity contribution < 1.29 is 13.5 Å². The summed E-state index contributed by atoms with van der Waals surface area (Å²) in [5, 5.41) is 10.7. The number of hydrogen-bond donors (Lipinski definition) is 1. The second kappa shape index (κ2) is 5.26. The molecular formula is C11H18N2O3S2. The van der Waals surface area contributed by atoms with Crippen LogP contribution in [-0.4, -0.2) is 56.0 Å². The van der Waals surface area contributed by atoms with Crippen molar-refractivity contribution >= 4 is 21.4 Å². The molecular weight excluding hydrogens is 272 g/mol. The minimum atomic E-state index is -3.38. The van der Waals surface area contributed by atoms with Crippen LogP contribution in [0.2, 0.25) is 0 Å². The molecule has 0 radical (unpaired) electrons. The minimum absolute atomic E-state index is 0.119. The number of nitrogens with zero attached hydrogens (tertiary/aromatic N) is 2. The number of aliphatic hydroxyl groups is 1. The molecule has 2 rings (SSSR count). The lowest BCUT2D eigenvalue weighted by Crippen LogP contribution is -2.34. The van der Waals surface area contributed by atoms with Gasteiger partial charge in [-0.1, -0.05) is 0 Å². The Kier molecular flexibility index (Phi) is 4.08. The Hall–Kier alpha value is -0.470.